The Morgan fingerprint density at radius 2 is 2.15 bits per heavy atom. The third-order valence-electron chi connectivity index (χ3n) is 6.10. The van der Waals surface area contributed by atoms with Gasteiger partial charge in [-0.05, 0) is 25.0 Å². The molecule has 1 spiro atoms. The number of anilines is 2. The lowest BCUT2D eigenvalue weighted by atomic mass is 10.1. The van der Waals surface area contributed by atoms with Gasteiger partial charge in [0.1, 0.15) is 17.1 Å². The molecule has 2 aromatic heterocycles. The van der Waals surface area contributed by atoms with Crippen LogP contribution >= 0.6 is 0 Å². The number of nitrogens with one attached hydrogen (secondary N) is 1. The van der Waals surface area contributed by atoms with E-state index < -0.39 is 16.4 Å². The first-order valence-electron chi connectivity index (χ1n) is 10.4. The van der Waals surface area contributed by atoms with E-state index in [2.05, 4.69) is 26.0 Å². The van der Waals surface area contributed by atoms with Crippen molar-refractivity contribution in [2.24, 2.45) is 0 Å². The molecule has 1 fully saturated rings. The molecule has 33 heavy (non-hydrogen) atoms. The van der Waals surface area contributed by atoms with Crippen molar-refractivity contribution in [1.82, 2.24) is 14.5 Å². The second kappa shape index (κ2) is 6.89. The molecule has 1 N–H and O–H groups in total. The van der Waals surface area contributed by atoms with E-state index in [4.69, 9.17) is 9.47 Å². The highest BCUT2D eigenvalue weighted by atomic mass is 19.1. The minimum atomic E-state index is -0.984. The second-order valence-corrected chi connectivity index (χ2v) is 8.26. The maximum atomic E-state index is 14.0. The molecule has 166 valence electrons. The Labute approximate surface area is 186 Å². The number of nitrogens with zero attached hydrogens (tertiary/aromatic N) is 4. The first-order chi connectivity index (χ1) is 16.0. The van der Waals surface area contributed by atoms with Crippen molar-refractivity contribution in [3.05, 3.63) is 64.7 Å². The van der Waals surface area contributed by atoms with Crippen LogP contribution in [0.2, 0.25) is 0 Å². The average molecular weight is 447 g/mol. The number of para-hydroxylation sites is 1. The molecule has 1 saturated carbocycles. The Morgan fingerprint density at radius 3 is 2.91 bits per heavy atom. The first kappa shape index (κ1) is 19.5. The van der Waals surface area contributed by atoms with Crippen LogP contribution in [-0.4, -0.2) is 32.2 Å². The molecular weight excluding hydrogens is 429 g/mol. The van der Waals surface area contributed by atoms with E-state index in [1.54, 1.807) is 12.3 Å². The van der Waals surface area contributed by atoms with E-state index >= 15 is 0 Å². The molecule has 1 aliphatic carbocycles. The number of hydrogen-bond acceptors (Lipinski definition) is 7. The van der Waals surface area contributed by atoms with E-state index in [0.717, 1.165) is 53.7 Å². The molecular formula is C23H18FN5O4. The van der Waals surface area contributed by atoms with Crippen molar-refractivity contribution < 1.29 is 18.8 Å². The summed E-state index contributed by atoms with van der Waals surface area (Å²) in [6.07, 6.45) is 5.76. The second-order valence-electron chi connectivity index (χ2n) is 8.26. The summed E-state index contributed by atoms with van der Waals surface area (Å²) in [5.74, 6) is 0.194. The van der Waals surface area contributed by atoms with Gasteiger partial charge in [-0.3, -0.25) is 10.1 Å². The molecule has 0 saturated heterocycles. The predicted octanol–water partition coefficient (Wildman–Crippen LogP) is 4.82. The summed E-state index contributed by atoms with van der Waals surface area (Å²) in [7, 11) is 1.35. The number of hydrogen-bond donors (Lipinski definition) is 1. The van der Waals surface area contributed by atoms with Crippen LogP contribution in [0.15, 0.2) is 48.8 Å². The van der Waals surface area contributed by atoms with Crippen LogP contribution < -0.4 is 14.8 Å². The fourth-order valence-corrected chi connectivity index (χ4v) is 4.35. The van der Waals surface area contributed by atoms with Crippen molar-refractivity contribution in [2.75, 3.05) is 12.4 Å². The standard InChI is InChI=1S/C23H18FN5O4/c1-32-20-9-15(24)18(29(30)31)10-17(20)27-22-25-8-5-16(26-22)14-11-28-12-23(6-7-23)33-19-4-2-3-13(14)21(19)28/h2-5,8-11H,6-7,12H2,1H3,(H,25,26,27). The normalized spacial score (nSPS) is 15.3. The number of halogens is 1. The minimum absolute atomic E-state index is 0.0934. The largest absolute Gasteiger partial charge is 0.494 e. The van der Waals surface area contributed by atoms with E-state index in [1.165, 1.54) is 7.11 Å². The van der Waals surface area contributed by atoms with Gasteiger partial charge in [0, 0.05) is 35.5 Å². The average Bonchev–Trinajstić information content (AvgIpc) is 3.44. The number of nitro benzene ring substituents is 1. The first-order valence-corrected chi connectivity index (χ1v) is 10.4. The van der Waals surface area contributed by atoms with Crippen molar-refractivity contribution >= 4 is 28.2 Å². The lowest BCUT2D eigenvalue weighted by Crippen LogP contribution is -2.28. The molecule has 2 aliphatic rings. The van der Waals surface area contributed by atoms with Gasteiger partial charge in [0.25, 0.3) is 0 Å². The molecule has 4 aromatic rings. The van der Waals surface area contributed by atoms with Gasteiger partial charge in [0.2, 0.25) is 11.8 Å². The van der Waals surface area contributed by atoms with Gasteiger partial charge in [-0.2, -0.15) is 4.39 Å². The van der Waals surface area contributed by atoms with Crippen molar-refractivity contribution in [1.29, 1.82) is 0 Å². The molecule has 0 amide bonds. The molecule has 9 nitrogen and oxygen atoms in total. The number of nitro groups is 1. The fraction of sp³-hybridized carbons (Fsp3) is 0.217. The van der Waals surface area contributed by atoms with Crippen molar-refractivity contribution in [3.63, 3.8) is 0 Å². The van der Waals surface area contributed by atoms with Gasteiger partial charge in [-0.15, -0.1) is 0 Å². The lowest BCUT2D eigenvalue weighted by molar-refractivity contribution is -0.387. The van der Waals surface area contributed by atoms with Gasteiger partial charge >= 0.3 is 5.69 Å². The summed E-state index contributed by atoms with van der Waals surface area (Å²) < 4.78 is 27.6. The Bertz CT molecular complexity index is 1450. The number of aromatic nitrogens is 3. The Hall–Kier alpha value is -4.21. The maximum Gasteiger partial charge on any atom is 0.307 e. The Kier molecular flexibility index (Phi) is 4.07. The lowest BCUT2D eigenvalue weighted by Gasteiger charge is -2.25. The number of methoxy groups -OCH3 is 1. The van der Waals surface area contributed by atoms with Crippen LogP contribution in [0.25, 0.3) is 22.2 Å². The molecule has 3 heterocycles. The molecule has 1 aliphatic heterocycles. The van der Waals surface area contributed by atoms with E-state index in [1.807, 2.05) is 18.2 Å². The summed E-state index contributed by atoms with van der Waals surface area (Å²) >= 11 is 0. The predicted molar refractivity (Wildman–Crippen MR) is 118 cm³/mol. The minimum Gasteiger partial charge on any atom is -0.494 e. The van der Waals surface area contributed by atoms with Crippen LogP contribution in [0.1, 0.15) is 12.8 Å². The molecule has 0 atom stereocenters. The van der Waals surface area contributed by atoms with Gasteiger partial charge in [-0.25, -0.2) is 9.97 Å². The fourth-order valence-electron chi connectivity index (χ4n) is 4.35. The molecule has 0 radical (unpaired) electrons. The smallest absolute Gasteiger partial charge is 0.307 e. The summed E-state index contributed by atoms with van der Waals surface area (Å²) in [6, 6.07) is 9.81. The number of benzene rings is 2. The van der Waals surface area contributed by atoms with Crippen LogP contribution in [0.5, 0.6) is 11.5 Å². The Balaban J connectivity index is 1.40. The van der Waals surface area contributed by atoms with Crippen LogP contribution in [-0.2, 0) is 6.54 Å². The zero-order chi connectivity index (χ0) is 22.7. The van der Waals surface area contributed by atoms with Gasteiger partial charge in [-0.1, -0.05) is 12.1 Å². The van der Waals surface area contributed by atoms with Gasteiger partial charge in [0.05, 0.1) is 35.5 Å². The SMILES string of the molecule is COc1cc(F)c([N+](=O)[O-])cc1Nc1nccc(-c2cn3c4c(cccc24)OC2(CC2)C3)n1. The van der Waals surface area contributed by atoms with Crippen LogP contribution in [0.3, 0.4) is 0 Å². The molecule has 2 aromatic carbocycles. The zero-order valence-corrected chi connectivity index (χ0v) is 17.5. The molecule has 0 bridgehead atoms. The van der Waals surface area contributed by atoms with Crippen molar-refractivity contribution in [3.8, 4) is 22.8 Å². The Morgan fingerprint density at radius 1 is 1.30 bits per heavy atom. The zero-order valence-electron chi connectivity index (χ0n) is 17.5. The number of rotatable bonds is 5. The highest BCUT2D eigenvalue weighted by molar-refractivity contribution is 5.99. The molecule has 6 rings (SSSR count). The third kappa shape index (κ3) is 3.13. The van der Waals surface area contributed by atoms with E-state index in [-0.39, 0.29) is 23.0 Å². The summed E-state index contributed by atoms with van der Waals surface area (Å²) in [5, 5.41) is 15.1. The van der Waals surface area contributed by atoms with Crippen LogP contribution in [0.4, 0.5) is 21.7 Å². The van der Waals surface area contributed by atoms with E-state index in [0.29, 0.717) is 5.69 Å². The highest BCUT2D eigenvalue weighted by Gasteiger charge is 2.48. The van der Waals surface area contributed by atoms with Gasteiger partial charge < -0.3 is 19.4 Å². The van der Waals surface area contributed by atoms with Crippen molar-refractivity contribution in [2.45, 2.75) is 25.0 Å². The van der Waals surface area contributed by atoms with Crippen LogP contribution in [0, 0.1) is 15.9 Å². The highest BCUT2D eigenvalue weighted by Crippen LogP contribution is 2.49. The summed E-state index contributed by atoms with van der Waals surface area (Å²) in [5.41, 5.74) is 2.07. The monoisotopic (exact) mass is 447 g/mol. The molecule has 0 unspecified atom stereocenters. The van der Waals surface area contributed by atoms with Gasteiger partial charge in [0.15, 0.2) is 0 Å². The molecule has 10 heteroatoms. The quantitative estimate of drug-likeness (QED) is 0.345. The van der Waals surface area contributed by atoms with E-state index in [9.17, 15) is 14.5 Å². The third-order valence-corrected chi connectivity index (χ3v) is 6.10. The maximum absolute atomic E-state index is 14.0. The number of ether oxygens (including phenoxy) is 2. The topological polar surface area (TPSA) is 104 Å². The summed E-state index contributed by atoms with van der Waals surface area (Å²) in [4.78, 5) is 19.2. The summed E-state index contributed by atoms with van der Waals surface area (Å²) in [6.45, 7) is 0.799.